The van der Waals surface area contributed by atoms with E-state index in [4.69, 9.17) is 4.74 Å². The molecule has 0 atom stereocenters. The predicted octanol–water partition coefficient (Wildman–Crippen LogP) is 4.00. The zero-order chi connectivity index (χ0) is 14.4. The standard InChI is InChI=1S/C17H17NO2/c1-3-20-17(19)15-9-11-16(12-10-15)18-13(2)14-7-5-4-6-8-14/h4-12H,3H2,1-2H3/b18-13+. The Morgan fingerprint density at radius 2 is 1.65 bits per heavy atom. The summed E-state index contributed by atoms with van der Waals surface area (Å²) in [5, 5.41) is 0. The second-order valence-electron chi connectivity index (χ2n) is 4.33. The zero-order valence-corrected chi connectivity index (χ0v) is 11.7. The Balaban J connectivity index is 2.16. The molecule has 0 N–H and O–H groups in total. The van der Waals surface area contributed by atoms with Crippen molar-refractivity contribution in [2.45, 2.75) is 13.8 Å². The first kappa shape index (κ1) is 14.0. The van der Waals surface area contributed by atoms with Gasteiger partial charge in [-0.25, -0.2) is 4.79 Å². The molecule has 0 aromatic heterocycles. The number of hydrogen-bond donors (Lipinski definition) is 0. The summed E-state index contributed by atoms with van der Waals surface area (Å²) in [5.41, 5.74) is 3.39. The van der Waals surface area contributed by atoms with Crippen LogP contribution in [0.2, 0.25) is 0 Å². The third-order valence-corrected chi connectivity index (χ3v) is 2.87. The van der Waals surface area contributed by atoms with E-state index in [-0.39, 0.29) is 5.97 Å². The maximum absolute atomic E-state index is 11.5. The van der Waals surface area contributed by atoms with Gasteiger partial charge in [0.15, 0.2) is 0 Å². The van der Waals surface area contributed by atoms with Crippen LogP contribution in [0.25, 0.3) is 0 Å². The second-order valence-corrected chi connectivity index (χ2v) is 4.33. The molecule has 0 aliphatic carbocycles. The SMILES string of the molecule is CCOC(=O)c1ccc(/N=C(\C)c2ccccc2)cc1. The lowest BCUT2D eigenvalue weighted by Gasteiger charge is -2.03. The summed E-state index contributed by atoms with van der Waals surface area (Å²) in [6, 6.07) is 17.1. The summed E-state index contributed by atoms with van der Waals surface area (Å²) in [6.45, 7) is 4.14. The van der Waals surface area contributed by atoms with Gasteiger partial charge in [-0.15, -0.1) is 0 Å². The fourth-order valence-electron chi connectivity index (χ4n) is 1.82. The lowest BCUT2D eigenvalue weighted by Crippen LogP contribution is -2.03. The number of benzene rings is 2. The van der Waals surface area contributed by atoms with Crippen molar-refractivity contribution in [3.63, 3.8) is 0 Å². The smallest absolute Gasteiger partial charge is 0.338 e. The van der Waals surface area contributed by atoms with Gasteiger partial charge >= 0.3 is 5.97 Å². The van der Waals surface area contributed by atoms with Crippen LogP contribution >= 0.6 is 0 Å². The van der Waals surface area contributed by atoms with Gasteiger partial charge < -0.3 is 4.74 Å². The molecular weight excluding hydrogens is 250 g/mol. The molecule has 20 heavy (non-hydrogen) atoms. The van der Waals surface area contributed by atoms with Crippen LogP contribution in [0.1, 0.15) is 29.8 Å². The molecule has 0 spiro atoms. The molecule has 102 valence electrons. The zero-order valence-electron chi connectivity index (χ0n) is 11.7. The quantitative estimate of drug-likeness (QED) is 0.620. The van der Waals surface area contributed by atoms with Gasteiger partial charge in [0.05, 0.1) is 17.9 Å². The number of aliphatic imine (C=N–C) groups is 1. The summed E-state index contributed by atoms with van der Waals surface area (Å²) >= 11 is 0. The van der Waals surface area contributed by atoms with Crippen molar-refractivity contribution in [3.8, 4) is 0 Å². The first-order chi connectivity index (χ1) is 9.70. The molecule has 0 aliphatic rings. The Morgan fingerprint density at radius 1 is 1.00 bits per heavy atom. The molecule has 0 unspecified atom stereocenters. The van der Waals surface area contributed by atoms with E-state index < -0.39 is 0 Å². The molecule has 0 bridgehead atoms. The average Bonchev–Trinajstić information content (AvgIpc) is 2.49. The highest BCUT2D eigenvalue weighted by molar-refractivity contribution is 6.00. The van der Waals surface area contributed by atoms with Crippen LogP contribution < -0.4 is 0 Å². The molecule has 2 aromatic rings. The first-order valence-electron chi connectivity index (χ1n) is 6.58. The molecule has 0 radical (unpaired) electrons. The minimum absolute atomic E-state index is 0.303. The number of hydrogen-bond acceptors (Lipinski definition) is 3. The lowest BCUT2D eigenvalue weighted by molar-refractivity contribution is 0.0526. The molecule has 0 fully saturated rings. The van der Waals surface area contributed by atoms with Crippen LogP contribution in [-0.2, 0) is 4.74 Å². The lowest BCUT2D eigenvalue weighted by atomic mass is 10.1. The Hall–Kier alpha value is -2.42. The van der Waals surface area contributed by atoms with Gasteiger partial charge in [0.25, 0.3) is 0 Å². The van der Waals surface area contributed by atoms with Crippen molar-refractivity contribution in [2.75, 3.05) is 6.61 Å². The molecule has 2 rings (SSSR count). The fraction of sp³-hybridized carbons (Fsp3) is 0.176. The predicted molar refractivity (Wildman–Crippen MR) is 80.7 cm³/mol. The number of rotatable bonds is 4. The van der Waals surface area contributed by atoms with Crippen molar-refractivity contribution in [3.05, 3.63) is 65.7 Å². The van der Waals surface area contributed by atoms with Crippen LogP contribution in [0.15, 0.2) is 59.6 Å². The number of nitrogens with zero attached hydrogens (tertiary/aromatic N) is 1. The molecule has 3 nitrogen and oxygen atoms in total. The van der Waals surface area contributed by atoms with E-state index in [9.17, 15) is 4.79 Å². The van der Waals surface area contributed by atoms with Gasteiger partial charge in [-0.2, -0.15) is 0 Å². The first-order valence-corrected chi connectivity index (χ1v) is 6.58. The maximum Gasteiger partial charge on any atom is 0.338 e. The number of carbonyl (C=O) groups is 1. The van der Waals surface area contributed by atoms with Gasteiger partial charge in [0, 0.05) is 5.71 Å². The third kappa shape index (κ3) is 3.54. The van der Waals surface area contributed by atoms with Gasteiger partial charge in [0.2, 0.25) is 0 Å². The van der Waals surface area contributed by atoms with E-state index in [1.165, 1.54) is 0 Å². The Labute approximate surface area is 118 Å². The molecule has 0 amide bonds. The van der Waals surface area contributed by atoms with Crippen molar-refractivity contribution in [2.24, 2.45) is 4.99 Å². The highest BCUT2D eigenvalue weighted by Crippen LogP contribution is 2.16. The van der Waals surface area contributed by atoms with Crippen LogP contribution in [-0.4, -0.2) is 18.3 Å². The van der Waals surface area contributed by atoms with Crippen LogP contribution in [0.3, 0.4) is 0 Å². The van der Waals surface area contributed by atoms with Gasteiger partial charge in [0.1, 0.15) is 0 Å². The minimum Gasteiger partial charge on any atom is -0.462 e. The Bertz CT molecular complexity index is 601. The van der Waals surface area contributed by atoms with Crippen molar-refractivity contribution < 1.29 is 9.53 Å². The van der Waals surface area contributed by atoms with E-state index in [0.717, 1.165) is 17.0 Å². The number of ether oxygens (including phenoxy) is 1. The van der Waals surface area contributed by atoms with E-state index >= 15 is 0 Å². The van der Waals surface area contributed by atoms with E-state index in [0.29, 0.717) is 12.2 Å². The maximum atomic E-state index is 11.5. The minimum atomic E-state index is -0.303. The van der Waals surface area contributed by atoms with Crippen LogP contribution in [0, 0.1) is 0 Å². The molecule has 0 saturated heterocycles. The summed E-state index contributed by atoms with van der Waals surface area (Å²) in [5.74, 6) is -0.303. The molecular formula is C17H17NO2. The average molecular weight is 267 g/mol. The van der Waals surface area contributed by atoms with Crippen LogP contribution in [0.4, 0.5) is 5.69 Å². The molecule has 0 aliphatic heterocycles. The second kappa shape index (κ2) is 6.66. The highest BCUT2D eigenvalue weighted by atomic mass is 16.5. The van der Waals surface area contributed by atoms with E-state index in [2.05, 4.69) is 4.99 Å². The Morgan fingerprint density at radius 3 is 2.25 bits per heavy atom. The molecule has 0 saturated carbocycles. The normalized spacial score (nSPS) is 11.2. The van der Waals surface area contributed by atoms with E-state index in [1.807, 2.05) is 49.4 Å². The summed E-state index contributed by atoms with van der Waals surface area (Å²) < 4.78 is 4.94. The van der Waals surface area contributed by atoms with Crippen LogP contribution in [0.5, 0.6) is 0 Å². The van der Waals surface area contributed by atoms with Crippen molar-refractivity contribution in [1.82, 2.24) is 0 Å². The van der Waals surface area contributed by atoms with Crippen molar-refractivity contribution in [1.29, 1.82) is 0 Å². The summed E-state index contributed by atoms with van der Waals surface area (Å²) in [6.07, 6.45) is 0. The Kier molecular flexibility index (Phi) is 4.66. The largest absolute Gasteiger partial charge is 0.462 e. The van der Waals surface area contributed by atoms with Gasteiger partial charge in [-0.05, 0) is 43.7 Å². The van der Waals surface area contributed by atoms with E-state index in [1.54, 1.807) is 19.1 Å². The molecule has 2 aromatic carbocycles. The number of esters is 1. The van der Waals surface area contributed by atoms with Gasteiger partial charge in [-0.1, -0.05) is 30.3 Å². The molecule has 3 heteroatoms. The highest BCUT2D eigenvalue weighted by Gasteiger charge is 2.05. The number of carbonyl (C=O) groups excluding carboxylic acids is 1. The molecule has 0 heterocycles. The van der Waals surface area contributed by atoms with Crippen molar-refractivity contribution >= 4 is 17.4 Å². The monoisotopic (exact) mass is 267 g/mol. The fourth-order valence-corrected chi connectivity index (χ4v) is 1.82. The third-order valence-electron chi connectivity index (χ3n) is 2.87. The van der Waals surface area contributed by atoms with Gasteiger partial charge in [-0.3, -0.25) is 4.99 Å². The summed E-state index contributed by atoms with van der Waals surface area (Å²) in [4.78, 5) is 16.1. The topological polar surface area (TPSA) is 38.7 Å². The summed E-state index contributed by atoms with van der Waals surface area (Å²) in [7, 11) is 0.